The predicted octanol–water partition coefficient (Wildman–Crippen LogP) is -0.146. The largest absolute Gasteiger partial charge is 0.351 e. The third-order valence-corrected chi connectivity index (χ3v) is 1.31. The molecular weight excluding hydrogens is 132 g/mol. The Bertz CT molecular complexity index is 220. The Morgan fingerprint density at radius 1 is 1.80 bits per heavy atom. The molecule has 4 nitrogen and oxygen atoms in total. The Morgan fingerprint density at radius 2 is 2.40 bits per heavy atom. The third-order valence-electron chi connectivity index (χ3n) is 1.31. The van der Waals surface area contributed by atoms with Gasteiger partial charge in [0.05, 0.1) is 6.54 Å². The zero-order valence-corrected chi connectivity index (χ0v) is 5.63. The molecule has 0 saturated carbocycles. The lowest BCUT2D eigenvalue weighted by Crippen LogP contribution is -2.37. The summed E-state index contributed by atoms with van der Waals surface area (Å²) in [5.41, 5.74) is 5.75. The van der Waals surface area contributed by atoms with Crippen LogP contribution in [0.15, 0.2) is 11.6 Å². The lowest BCUT2D eigenvalue weighted by atomic mass is 10.3. The molecule has 54 valence electrons. The van der Waals surface area contributed by atoms with Crippen molar-refractivity contribution in [3.63, 3.8) is 0 Å². The first-order valence-electron chi connectivity index (χ1n) is 2.89. The zero-order chi connectivity index (χ0) is 7.72. The molecule has 0 fully saturated rings. The van der Waals surface area contributed by atoms with Crippen molar-refractivity contribution in [2.45, 2.75) is 6.92 Å². The van der Waals surface area contributed by atoms with Crippen LogP contribution in [0.4, 0.5) is 4.79 Å². The smallest absolute Gasteiger partial charge is 0.322 e. The van der Waals surface area contributed by atoms with Gasteiger partial charge in [0.15, 0.2) is 0 Å². The van der Waals surface area contributed by atoms with Gasteiger partial charge in [0, 0.05) is 6.08 Å². The molecule has 2 N–H and O–H groups in total. The minimum absolute atomic E-state index is 0.315. The second-order valence-corrected chi connectivity index (χ2v) is 2.25. The van der Waals surface area contributed by atoms with Gasteiger partial charge in [-0.25, -0.2) is 4.79 Å². The number of carbonyl (C=O) groups excluding carboxylic acids is 2. The summed E-state index contributed by atoms with van der Waals surface area (Å²) >= 11 is 0. The Morgan fingerprint density at radius 3 is 2.60 bits per heavy atom. The van der Waals surface area contributed by atoms with Crippen LogP contribution in [0.2, 0.25) is 0 Å². The third kappa shape index (κ3) is 1.00. The number of carbonyl (C=O) groups is 2. The molecule has 1 rings (SSSR count). The minimum Gasteiger partial charge on any atom is -0.351 e. The minimum atomic E-state index is -0.682. The quantitative estimate of drug-likeness (QED) is 0.508. The standard InChI is InChI=1S/C6H8N2O2/c1-4-2-5(9)8(3-4)6(7)10/h2H,3H2,1H3,(H2,7,10). The van der Waals surface area contributed by atoms with E-state index in [1.54, 1.807) is 6.92 Å². The van der Waals surface area contributed by atoms with Crippen LogP contribution in [0.1, 0.15) is 6.92 Å². The number of primary amides is 1. The van der Waals surface area contributed by atoms with Crippen LogP contribution in [-0.4, -0.2) is 23.4 Å². The molecule has 0 aromatic rings. The van der Waals surface area contributed by atoms with Crippen LogP contribution in [0.25, 0.3) is 0 Å². The second kappa shape index (κ2) is 2.13. The van der Waals surface area contributed by atoms with Gasteiger partial charge in [0.1, 0.15) is 0 Å². The van der Waals surface area contributed by atoms with Gasteiger partial charge < -0.3 is 5.73 Å². The molecule has 0 saturated heterocycles. The molecule has 0 aliphatic carbocycles. The number of rotatable bonds is 0. The van der Waals surface area contributed by atoms with E-state index in [0.717, 1.165) is 10.5 Å². The Balaban J connectivity index is 2.73. The van der Waals surface area contributed by atoms with Crippen LogP contribution in [0.5, 0.6) is 0 Å². The van der Waals surface area contributed by atoms with E-state index in [0.29, 0.717) is 6.54 Å². The van der Waals surface area contributed by atoms with Crippen molar-refractivity contribution in [1.82, 2.24) is 4.90 Å². The fourth-order valence-corrected chi connectivity index (χ4v) is 0.848. The van der Waals surface area contributed by atoms with Crippen molar-refractivity contribution in [2.24, 2.45) is 5.73 Å². The topological polar surface area (TPSA) is 63.4 Å². The summed E-state index contributed by atoms with van der Waals surface area (Å²) in [7, 11) is 0. The van der Waals surface area contributed by atoms with Crippen LogP contribution in [0.3, 0.4) is 0 Å². The van der Waals surface area contributed by atoms with Crippen molar-refractivity contribution in [1.29, 1.82) is 0 Å². The van der Waals surface area contributed by atoms with E-state index in [1.807, 2.05) is 0 Å². The molecule has 0 bridgehead atoms. The van der Waals surface area contributed by atoms with Crippen molar-refractivity contribution >= 4 is 11.9 Å². The number of nitrogens with zero attached hydrogens (tertiary/aromatic N) is 1. The number of imide groups is 1. The van der Waals surface area contributed by atoms with E-state index < -0.39 is 6.03 Å². The summed E-state index contributed by atoms with van der Waals surface area (Å²) in [5, 5.41) is 0. The van der Waals surface area contributed by atoms with Gasteiger partial charge >= 0.3 is 6.03 Å². The number of hydrogen-bond donors (Lipinski definition) is 1. The Hall–Kier alpha value is -1.32. The molecule has 0 spiro atoms. The van der Waals surface area contributed by atoms with Crippen LogP contribution in [0, 0.1) is 0 Å². The molecule has 1 aliphatic heterocycles. The molecular formula is C6H8N2O2. The first kappa shape index (κ1) is 6.80. The fourth-order valence-electron chi connectivity index (χ4n) is 0.848. The summed E-state index contributed by atoms with van der Waals surface area (Å²) in [4.78, 5) is 22.2. The van der Waals surface area contributed by atoms with E-state index >= 15 is 0 Å². The van der Waals surface area contributed by atoms with Crippen molar-refractivity contribution in [2.75, 3.05) is 6.54 Å². The van der Waals surface area contributed by atoms with Gasteiger partial charge in [-0.1, -0.05) is 0 Å². The van der Waals surface area contributed by atoms with E-state index in [4.69, 9.17) is 5.73 Å². The van der Waals surface area contributed by atoms with Crippen molar-refractivity contribution < 1.29 is 9.59 Å². The normalized spacial score (nSPS) is 17.5. The van der Waals surface area contributed by atoms with E-state index in [1.165, 1.54) is 6.08 Å². The zero-order valence-electron chi connectivity index (χ0n) is 5.63. The van der Waals surface area contributed by atoms with Gasteiger partial charge in [0.2, 0.25) is 0 Å². The average Bonchev–Trinajstić information content (AvgIpc) is 2.10. The second-order valence-electron chi connectivity index (χ2n) is 2.25. The van der Waals surface area contributed by atoms with Gasteiger partial charge in [-0.3, -0.25) is 9.69 Å². The maximum absolute atomic E-state index is 10.8. The maximum atomic E-state index is 10.8. The van der Waals surface area contributed by atoms with Crippen molar-refractivity contribution in [3.05, 3.63) is 11.6 Å². The summed E-state index contributed by atoms with van der Waals surface area (Å²) in [6.07, 6.45) is 1.41. The lowest BCUT2D eigenvalue weighted by Gasteiger charge is -2.08. The first-order chi connectivity index (χ1) is 4.61. The lowest BCUT2D eigenvalue weighted by molar-refractivity contribution is -0.121. The summed E-state index contributed by atoms with van der Waals surface area (Å²) < 4.78 is 0. The van der Waals surface area contributed by atoms with Gasteiger partial charge in [-0.05, 0) is 12.5 Å². The number of hydrogen-bond acceptors (Lipinski definition) is 2. The number of amides is 3. The average molecular weight is 140 g/mol. The monoisotopic (exact) mass is 140 g/mol. The van der Waals surface area contributed by atoms with E-state index in [9.17, 15) is 9.59 Å². The molecule has 4 heteroatoms. The fraction of sp³-hybridized carbons (Fsp3) is 0.333. The number of urea groups is 1. The highest BCUT2D eigenvalue weighted by Gasteiger charge is 2.22. The molecule has 1 heterocycles. The molecule has 0 radical (unpaired) electrons. The summed E-state index contributed by atoms with van der Waals surface area (Å²) in [6, 6.07) is -0.682. The highest BCUT2D eigenvalue weighted by molar-refractivity contribution is 6.02. The van der Waals surface area contributed by atoms with Crippen LogP contribution in [-0.2, 0) is 4.79 Å². The Labute approximate surface area is 58.3 Å². The van der Waals surface area contributed by atoms with E-state index in [2.05, 4.69) is 0 Å². The van der Waals surface area contributed by atoms with Crippen LogP contribution >= 0.6 is 0 Å². The Kier molecular flexibility index (Phi) is 1.45. The molecule has 0 atom stereocenters. The first-order valence-corrected chi connectivity index (χ1v) is 2.89. The highest BCUT2D eigenvalue weighted by Crippen LogP contribution is 2.07. The van der Waals surface area contributed by atoms with Gasteiger partial charge in [-0.15, -0.1) is 0 Å². The highest BCUT2D eigenvalue weighted by atomic mass is 16.2. The number of nitrogens with two attached hydrogens (primary N) is 1. The molecule has 1 aliphatic rings. The molecule has 10 heavy (non-hydrogen) atoms. The predicted molar refractivity (Wildman–Crippen MR) is 35.1 cm³/mol. The van der Waals surface area contributed by atoms with Crippen molar-refractivity contribution in [3.8, 4) is 0 Å². The summed E-state index contributed by atoms with van der Waals surface area (Å²) in [6.45, 7) is 2.12. The molecule has 0 unspecified atom stereocenters. The SMILES string of the molecule is CC1=CC(=O)N(C(N)=O)C1. The van der Waals surface area contributed by atoms with E-state index in [-0.39, 0.29) is 5.91 Å². The summed E-state index contributed by atoms with van der Waals surface area (Å²) in [5.74, 6) is -0.315. The van der Waals surface area contributed by atoms with Gasteiger partial charge in [0.25, 0.3) is 5.91 Å². The molecule has 3 amide bonds. The molecule has 0 aromatic carbocycles. The molecule has 0 aromatic heterocycles. The van der Waals surface area contributed by atoms with Crippen LogP contribution < -0.4 is 5.73 Å². The maximum Gasteiger partial charge on any atom is 0.322 e. The van der Waals surface area contributed by atoms with Gasteiger partial charge in [-0.2, -0.15) is 0 Å².